The third-order valence-corrected chi connectivity index (χ3v) is 6.34. The van der Waals surface area contributed by atoms with Gasteiger partial charge in [-0.2, -0.15) is 5.10 Å². The Morgan fingerprint density at radius 2 is 2.13 bits per heavy atom. The third-order valence-electron chi connectivity index (χ3n) is 5.26. The summed E-state index contributed by atoms with van der Waals surface area (Å²) in [5.41, 5.74) is 0.916. The maximum Gasteiger partial charge on any atom is 0.407 e. The lowest BCUT2D eigenvalue weighted by atomic mass is 10.0. The molecule has 0 radical (unpaired) electrons. The van der Waals surface area contributed by atoms with Gasteiger partial charge in [0, 0.05) is 50.4 Å². The number of fused-ring (bicyclic) bond motifs is 1. The summed E-state index contributed by atoms with van der Waals surface area (Å²) in [4.78, 5) is 37.3. The lowest BCUT2D eigenvalue weighted by Crippen LogP contribution is -2.49. The maximum absolute atomic E-state index is 13.1. The SMILES string of the molecule is COCCN(C(=O)O)C1CCN(C(=O)c2cc(Cl)nc(-c3cnn4ccsc34)n2)CC1. The molecule has 12 heteroatoms. The van der Waals surface area contributed by atoms with E-state index in [1.807, 2.05) is 11.6 Å². The van der Waals surface area contributed by atoms with Crippen LogP contribution in [0.5, 0.6) is 0 Å². The minimum Gasteiger partial charge on any atom is -0.465 e. The van der Waals surface area contributed by atoms with E-state index in [-0.39, 0.29) is 22.8 Å². The molecule has 1 N–H and O–H groups in total. The molecule has 0 unspecified atom stereocenters. The first-order valence-electron chi connectivity index (χ1n) is 9.71. The van der Waals surface area contributed by atoms with Gasteiger partial charge < -0.3 is 19.6 Å². The van der Waals surface area contributed by atoms with Crippen LogP contribution in [0.25, 0.3) is 16.2 Å². The molecule has 2 amide bonds. The van der Waals surface area contributed by atoms with Crippen LogP contribution in [0.2, 0.25) is 5.15 Å². The predicted molar refractivity (Wildman–Crippen MR) is 115 cm³/mol. The normalized spacial score (nSPS) is 14.8. The van der Waals surface area contributed by atoms with Crippen LogP contribution < -0.4 is 0 Å². The standard InChI is InChI=1S/C19H21ClN6O4S/c1-30-8-6-25(19(28)29)12-2-4-24(5-3-12)17(27)14-10-15(20)23-16(22-14)13-11-21-26-7-9-31-18(13)26/h7,9-12H,2-6,8H2,1H3,(H,28,29). The molecule has 0 saturated carbocycles. The number of carbonyl (C=O) groups is 2. The van der Waals surface area contributed by atoms with E-state index in [0.717, 1.165) is 4.83 Å². The van der Waals surface area contributed by atoms with Gasteiger partial charge in [-0.05, 0) is 12.8 Å². The van der Waals surface area contributed by atoms with Gasteiger partial charge in [-0.25, -0.2) is 19.3 Å². The summed E-state index contributed by atoms with van der Waals surface area (Å²) >= 11 is 7.69. The molecule has 0 bridgehead atoms. The summed E-state index contributed by atoms with van der Waals surface area (Å²) in [6.07, 6.45) is 3.60. The molecule has 4 heterocycles. The Morgan fingerprint density at radius 1 is 1.35 bits per heavy atom. The van der Waals surface area contributed by atoms with Gasteiger partial charge in [0.1, 0.15) is 15.7 Å². The molecular weight excluding hydrogens is 444 g/mol. The molecule has 164 valence electrons. The zero-order valence-electron chi connectivity index (χ0n) is 16.8. The van der Waals surface area contributed by atoms with Crippen LogP contribution in [-0.2, 0) is 4.74 Å². The molecule has 0 spiro atoms. The molecule has 0 atom stereocenters. The van der Waals surface area contributed by atoms with Crippen LogP contribution in [-0.4, -0.2) is 85.9 Å². The average molecular weight is 465 g/mol. The Kier molecular flexibility index (Phi) is 6.35. The molecular formula is C19H21ClN6O4S. The summed E-state index contributed by atoms with van der Waals surface area (Å²) < 4.78 is 6.72. The number of carbonyl (C=O) groups excluding carboxylic acids is 1. The van der Waals surface area contributed by atoms with Crippen LogP contribution in [0.1, 0.15) is 23.3 Å². The molecule has 3 aromatic heterocycles. The van der Waals surface area contributed by atoms with Crippen molar-refractivity contribution in [3.8, 4) is 11.4 Å². The number of nitrogens with zero attached hydrogens (tertiary/aromatic N) is 6. The van der Waals surface area contributed by atoms with E-state index in [4.69, 9.17) is 16.3 Å². The van der Waals surface area contributed by atoms with Gasteiger partial charge in [-0.3, -0.25) is 4.79 Å². The number of hydrogen-bond acceptors (Lipinski definition) is 7. The van der Waals surface area contributed by atoms with Crippen molar-refractivity contribution in [2.45, 2.75) is 18.9 Å². The van der Waals surface area contributed by atoms with Crippen molar-refractivity contribution < 1.29 is 19.4 Å². The van der Waals surface area contributed by atoms with Crippen molar-refractivity contribution in [1.82, 2.24) is 29.4 Å². The van der Waals surface area contributed by atoms with Gasteiger partial charge in [-0.1, -0.05) is 11.6 Å². The Hall–Kier alpha value is -2.76. The second-order valence-corrected chi connectivity index (χ2v) is 8.38. The fourth-order valence-electron chi connectivity index (χ4n) is 3.69. The number of amides is 2. The minimum absolute atomic E-state index is 0.152. The van der Waals surface area contributed by atoms with Crippen LogP contribution >= 0.6 is 22.9 Å². The Balaban J connectivity index is 1.49. The Morgan fingerprint density at radius 3 is 2.84 bits per heavy atom. The number of likely N-dealkylation sites (tertiary alicyclic amines) is 1. The summed E-state index contributed by atoms with van der Waals surface area (Å²) in [5.74, 6) is 0.0946. The molecule has 1 saturated heterocycles. The summed E-state index contributed by atoms with van der Waals surface area (Å²) in [6.45, 7) is 1.50. The van der Waals surface area contributed by atoms with Gasteiger partial charge in [0.05, 0.1) is 18.4 Å². The summed E-state index contributed by atoms with van der Waals surface area (Å²) in [6, 6.07) is 1.30. The first-order valence-corrected chi connectivity index (χ1v) is 11.0. The van der Waals surface area contributed by atoms with E-state index in [0.29, 0.717) is 50.5 Å². The number of aromatic nitrogens is 4. The highest BCUT2D eigenvalue weighted by atomic mass is 35.5. The number of carboxylic acid groups (broad SMARTS) is 1. The molecule has 3 aromatic rings. The van der Waals surface area contributed by atoms with Gasteiger partial charge in [0.2, 0.25) is 0 Å². The molecule has 1 fully saturated rings. The second-order valence-electron chi connectivity index (χ2n) is 7.10. The van der Waals surface area contributed by atoms with Crippen LogP contribution in [0.3, 0.4) is 0 Å². The van der Waals surface area contributed by atoms with Crippen LogP contribution in [0, 0.1) is 0 Å². The third kappa shape index (κ3) is 4.48. The van der Waals surface area contributed by atoms with E-state index < -0.39 is 6.09 Å². The fraction of sp³-hybridized carbons (Fsp3) is 0.421. The minimum atomic E-state index is -0.977. The van der Waals surface area contributed by atoms with E-state index >= 15 is 0 Å². The van der Waals surface area contributed by atoms with E-state index in [1.54, 1.807) is 15.6 Å². The largest absolute Gasteiger partial charge is 0.465 e. The maximum atomic E-state index is 13.1. The molecule has 1 aliphatic rings. The smallest absolute Gasteiger partial charge is 0.407 e. The number of rotatable bonds is 6. The van der Waals surface area contributed by atoms with Crippen molar-refractivity contribution in [2.24, 2.45) is 0 Å². The highest BCUT2D eigenvalue weighted by Crippen LogP contribution is 2.27. The number of thiazole rings is 1. The fourth-order valence-corrected chi connectivity index (χ4v) is 4.67. The zero-order chi connectivity index (χ0) is 22.0. The van der Waals surface area contributed by atoms with Crippen molar-refractivity contribution in [3.63, 3.8) is 0 Å². The average Bonchev–Trinajstić information content (AvgIpc) is 3.37. The van der Waals surface area contributed by atoms with Crippen molar-refractivity contribution in [2.75, 3.05) is 33.4 Å². The number of ether oxygens (including phenoxy) is 1. The molecule has 0 aliphatic carbocycles. The van der Waals surface area contributed by atoms with Crippen LogP contribution in [0.4, 0.5) is 4.79 Å². The molecule has 1 aliphatic heterocycles. The van der Waals surface area contributed by atoms with E-state index in [2.05, 4.69) is 15.1 Å². The number of piperidine rings is 1. The highest BCUT2D eigenvalue weighted by molar-refractivity contribution is 7.16. The number of halogens is 1. The molecule has 10 nitrogen and oxygen atoms in total. The first-order chi connectivity index (χ1) is 15.0. The zero-order valence-corrected chi connectivity index (χ0v) is 18.3. The number of methoxy groups -OCH3 is 1. The van der Waals surface area contributed by atoms with E-state index in [1.165, 1.54) is 29.4 Å². The lowest BCUT2D eigenvalue weighted by Gasteiger charge is -2.37. The summed E-state index contributed by atoms with van der Waals surface area (Å²) in [7, 11) is 1.54. The molecule has 4 rings (SSSR count). The predicted octanol–water partition coefficient (Wildman–Crippen LogP) is 2.74. The monoisotopic (exact) mass is 464 g/mol. The lowest BCUT2D eigenvalue weighted by molar-refractivity contribution is 0.0557. The van der Waals surface area contributed by atoms with Crippen molar-refractivity contribution >= 4 is 39.8 Å². The topological polar surface area (TPSA) is 113 Å². The molecule has 0 aromatic carbocycles. The molecule has 31 heavy (non-hydrogen) atoms. The van der Waals surface area contributed by atoms with Gasteiger partial charge in [0.15, 0.2) is 5.82 Å². The van der Waals surface area contributed by atoms with Crippen LogP contribution in [0.15, 0.2) is 23.8 Å². The first kappa shape index (κ1) is 21.5. The van der Waals surface area contributed by atoms with Gasteiger partial charge >= 0.3 is 6.09 Å². The van der Waals surface area contributed by atoms with E-state index in [9.17, 15) is 14.7 Å². The van der Waals surface area contributed by atoms with Crippen molar-refractivity contribution in [1.29, 1.82) is 0 Å². The van der Waals surface area contributed by atoms with Gasteiger partial charge in [0.25, 0.3) is 5.91 Å². The van der Waals surface area contributed by atoms with Gasteiger partial charge in [-0.15, -0.1) is 11.3 Å². The summed E-state index contributed by atoms with van der Waals surface area (Å²) in [5, 5.41) is 15.8. The number of hydrogen-bond donors (Lipinski definition) is 1. The Labute approximate surface area is 187 Å². The van der Waals surface area contributed by atoms with Crippen molar-refractivity contribution in [3.05, 3.63) is 34.7 Å². The highest BCUT2D eigenvalue weighted by Gasteiger charge is 2.30. The quantitative estimate of drug-likeness (QED) is 0.558. The second kappa shape index (κ2) is 9.16. The Bertz CT molecular complexity index is 1090.